The van der Waals surface area contributed by atoms with E-state index >= 15 is 0 Å². The first-order chi connectivity index (χ1) is 13.4. The zero-order chi connectivity index (χ0) is 20.3. The lowest BCUT2D eigenvalue weighted by molar-refractivity contribution is 0.510. The summed E-state index contributed by atoms with van der Waals surface area (Å²) in [4.78, 5) is 7.80. The largest absolute Gasteiger partial charge is 0.383 e. The van der Waals surface area contributed by atoms with E-state index in [2.05, 4.69) is 20.3 Å². The normalized spacial score (nSPS) is 11.9. The topological polar surface area (TPSA) is 102 Å². The van der Waals surface area contributed by atoms with Crippen LogP contribution in [0.1, 0.15) is 5.56 Å². The average molecular weight is 388 g/mol. The standard InChI is InChI=1S/C18H12F4N6/c19-10-4-5-13(20)11(7-10)9-6-12(17(23)25-8-9)18(27-28-24)26-15-3-1-2-14(21)16(15)22/h1-8H,(H2,23,25)(H2,24,26,27). The summed E-state index contributed by atoms with van der Waals surface area (Å²) in [5.74, 6) is 0.972. The molecule has 1 aromatic heterocycles. The van der Waals surface area contributed by atoms with Gasteiger partial charge in [0.25, 0.3) is 0 Å². The van der Waals surface area contributed by atoms with Crippen molar-refractivity contribution in [2.24, 2.45) is 21.2 Å². The van der Waals surface area contributed by atoms with Crippen LogP contribution in [0.5, 0.6) is 0 Å². The van der Waals surface area contributed by atoms with Crippen LogP contribution in [0.2, 0.25) is 0 Å². The smallest absolute Gasteiger partial charge is 0.187 e. The molecule has 28 heavy (non-hydrogen) atoms. The number of nitrogen functional groups attached to an aromatic ring is 1. The van der Waals surface area contributed by atoms with Crippen LogP contribution in [0.25, 0.3) is 11.1 Å². The number of nitrogens with zero attached hydrogens (tertiary/aromatic N) is 4. The van der Waals surface area contributed by atoms with Crippen LogP contribution in [0.3, 0.4) is 0 Å². The number of halogens is 4. The molecule has 2 aromatic carbocycles. The minimum Gasteiger partial charge on any atom is -0.383 e. The van der Waals surface area contributed by atoms with E-state index in [9.17, 15) is 17.6 Å². The summed E-state index contributed by atoms with van der Waals surface area (Å²) in [5.41, 5.74) is 5.51. The van der Waals surface area contributed by atoms with Crippen molar-refractivity contribution >= 4 is 17.3 Å². The molecule has 142 valence electrons. The number of rotatable bonds is 3. The van der Waals surface area contributed by atoms with Gasteiger partial charge in [0.15, 0.2) is 17.5 Å². The van der Waals surface area contributed by atoms with Crippen molar-refractivity contribution in [3.63, 3.8) is 0 Å². The summed E-state index contributed by atoms with van der Waals surface area (Å²) < 4.78 is 54.9. The first-order valence-electron chi connectivity index (χ1n) is 7.75. The third-order valence-corrected chi connectivity index (χ3v) is 3.71. The summed E-state index contributed by atoms with van der Waals surface area (Å²) in [5, 5.41) is 6.67. The highest BCUT2D eigenvalue weighted by atomic mass is 19.2. The van der Waals surface area contributed by atoms with Crippen molar-refractivity contribution in [2.45, 2.75) is 0 Å². The van der Waals surface area contributed by atoms with Gasteiger partial charge in [0.1, 0.15) is 23.1 Å². The molecule has 0 bridgehead atoms. The third-order valence-electron chi connectivity index (χ3n) is 3.71. The molecule has 3 aromatic rings. The first-order valence-corrected chi connectivity index (χ1v) is 7.75. The summed E-state index contributed by atoms with van der Waals surface area (Å²) in [7, 11) is 0. The number of nitrogens with two attached hydrogens (primary N) is 2. The van der Waals surface area contributed by atoms with Gasteiger partial charge in [0.2, 0.25) is 0 Å². The summed E-state index contributed by atoms with van der Waals surface area (Å²) in [6.07, 6.45) is 1.22. The Kier molecular flexibility index (Phi) is 5.30. The van der Waals surface area contributed by atoms with E-state index in [1.54, 1.807) is 0 Å². The summed E-state index contributed by atoms with van der Waals surface area (Å²) in [6, 6.07) is 7.56. The molecule has 6 nitrogen and oxygen atoms in total. The van der Waals surface area contributed by atoms with Gasteiger partial charge in [-0.05, 0) is 36.4 Å². The Morgan fingerprint density at radius 3 is 2.50 bits per heavy atom. The van der Waals surface area contributed by atoms with E-state index in [-0.39, 0.29) is 34.0 Å². The van der Waals surface area contributed by atoms with Gasteiger partial charge in [0, 0.05) is 17.3 Å². The van der Waals surface area contributed by atoms with Crippen LogP contribution in [0.15, 0.2) is 64.0 Å². The number of aromatic nitrogens is 1. The first kappa shape index (κ1) is 19.0. The second kappa shape index (κ2) is 7.82. The van der Waals surface area contributed by atoms with Crippen molar-refractivity contribution in [1.82, 2.24) is 4.98 Å². The van der Waals surface area contributed by atoms with Crippen LogP contribution in [0.4, 0.5) is 29.1 Å². The van der Waals surface area contributed by atoms with Crippen LogP contribution < -0.4 is 11.6 Å². The molecular formula is C18H12F4N6. The maximum Gasteiger partial charge on any atom is 0.187 e. The molecule has 10 heteroatoms. The van der Waals surface area contributed by atoms with E-state index in [4.69, 9.17) is 11.6 Å². The number of aliphatic imine (C=N–C) groups is 1. The summed E-state index contributed by atoms with van der Waals surface area (Å²) in [6.45, 7) is 0. The molecule has 0 saturated carbocycles. The van der Waals surface area contributed by atoms with Gasteiger partial charge >= 0.3 is 0 Å². The number of anilines is 1. The van der Waals surface area contributed by atoms with E-state index in [0.29, 0.717) is 0 Å². The van der Waals surface area contributed by atoms with Crippen LogP contribution in [-0.2, 0) is 0 Å². The second-order valence-electron chi connectivity index (χ2n) is 5.50. The Hall–Kier alpha value is -3.82. The molecule has 0 aliphatic rings. The molecule has 0 amide bonds. The monoisotopic (exact) mass is 388 g/mol. The molecule has 0 saturated heterocycles. The molecule has 0 atom stereocenters. The average Bonchev–Trinajstić information content (AvgIpc) is 2.67. The lowest BCUT2D eigenvalue weighted by Gasteiger charge is -2.09. The van der Waals surface area contributed by atoms with Gasteiger partial charge in [-0.15, -0.1) is 5.11 Å². The predicted molar refractivity (Wildman–Crippen MR) is 95.6 cm³/mol. The van der Waals surface area contributed by atoms with Gasteiger partial charge in [0.05, 0.1) is 5.56 Å². The Bertz CT molecular complexity index is 1100. The number of benzene rings is 2. The zero-order valence-corrected chi connectivity index (χ0v) is 14.1. The third kappa shape index (κ3) is 3.80. The Balaban J connectivity index is 2.18. The molecule has 0 aliphatic heterocycles. The number of amidine groups is 1. The number of hydrogen-bond donors (Lipinski definition) is 2. The second-order valence-corrected chi connectivity index (χ2v) is 5.50. The van der Waals surface area contributed by atoms with Crippen LogP contribution >= 0.6 is 0 Å². The number of hydrogen-bond acceptors (Lipinski definition) is 4. The quantitative estimate of drug-likeness (QED) is 0.175. The Morgan fingerprint density at radius 1 is 0.964 bits per heavy atom. The fourth-order valence-corrected chi connectivity index (χ4v) is 2.40. The van der Waals surface area contributed by atoms with Crippen LogP contribution in [0, 0.1) is 23.3 Å². The predicted octanol–water partition coefficient (Wildman–Crippen LogP) is 4.29. The van der Waals surface area contributed by atoms with E-state index in [1.807, 2.05) is 0 Å². The van der Waals surface area contributed by atoms with E-state index < -0.39 is 23.3 Å². The highest BCUT2D eigenvalue weighted by Crippen LogP contribution is 2.28. The fraction of sp³-hybridized carbons (Fsp3) is 0. The van der Waals surface area contributed by atoms with Crippen molar-refractivity contribution in [1.29, 1.82) is 0 Å². The van der Waals surface area contributed by atoms with E-state index in [0.717, 1.165) is 24.3 Å². The maximum absolute atomic E-state index is 14.1. The zero-order valence-electron chi connectivity index (χ0n) is 14.1. The van der Waals surface area contributed by atoms with Crippen molar-refractivity contribution in [3.05, 3.63) is 77.5 Å². The van der Waals surface area contributed by atoms with E-state index in [1.165, 1.54) is 24.4 Å². The van der Waals surface area contributed by atoms with Gasteiger partial charge in [-0.1, -0.05) is 11.3 Å². The molecule has 0 unspecified atom stereocenters. The van der Waals surface area contributed by atoms with Crippen molar-refractivity contribution in [3.8, 4) is 11.1 Å². The Labute approximate surface area is 156 Å². The molecular weight excluding hydrogens is 376 g/mol. The van der Waals surface area contributed by atoms with Gasteiger partial charge in [-0.25, -0.2) is 27.5 Å². The molecule has 0 fully saturated rings. The minimum atomic E-state index is -1.22. The van der Waals surface area contributed by atoms with Crippen LogP contribution in [-0.4, -0.2) is 10.8 Å². The molecule has 0 spiro atoms. The highest BCUT2D eigenvalue weighted by Gasteiger charge is 2.16. The van der Waals surface area contributed by atoms with Gasteiger partial charge in [-0.2, -0.15) is 0 Å². The lowest BCUT2D eigenvalue weighted by Crippen LogP contribution is -2.06. The van der Waals surface area contributed by atoms with Gasteiger partial charge in [-0.3, -0.25) is 0 Å². The molecule has 0 aliphatic carbocycles. The maximum atomic E-state index is 14.1. The molecule has 1 heterocycles. The molecule has 0 radical (unpaired) electrons. The fourth-order valence-electron chi connectivity index (χ4n) is 2.40. The van der Waals surface area contributed by atoms with Gasteiger partial charge < -0.3 is 11.6 Å². The summed E-state index contributed by atoms with van der Waals surface area (Å²) >= 11 is 0. The van der Waals surface area contributed by atoms with Crippen molar-refractivity contribution in [2.75, 3.05) is 5.73 Å². The number of pyridine rings is 1. The molecule has 3 rings (SSSR count). The van der Waals surface area contributed by atoms with Crippen molar-refractivity contribution < 1.29 is 17.6 Å². The Morgan fingerprint density at radius 2 is 1.75 bits per heavy atom. The molecule has 4 N–H and O–H groups in total. The highest BCUT2D eigenvalue weighted by molar-refractivity contribution is 6.04. The lowest BCUT2D eigenvalue weighted by atomic mass is 10.0. The SMILES string of the molecule is NN=NC(=Nc1cccc(F)c1F)c1cc(-c2cc(F)ccc2F)cnc1N. The minimum absolute atomic E-state index is 0.0130.